The maximum atomic E-state index is 12.1. The molecule has 0 aromatic heterocycles. The Hall–Kier alpha value is -1.44. The molecule has 1 aromatic carbocycles. The fourth-order valence-corrected chi connectivity index (χ4v) is 2.81. The maximum absolute atomic E-state index is 12.1. The van der Waals surface area contributed by atoms with Gasteiger partial charge in [0.25, 0.3) is 0 Å². The summed E-state index contributed by atoms with van der Waals surface area (Å²) in [5, 5.41) is 11.9. The van der Waals surface area contributed by atoms with Crippen molar-refractivity contribution < 1.29 is 18.3 Å². The van der Waals surface area contributed by atoms with Crippen LogP contribution in [0.3, 0.4) is 0 Å². The van der Waals surface area contributed by atoms with Gasteiger partial charge in [-0.1, -0.05) is 12.1 Å². The second-order valence-corrected chi connectivity index (χ2v) is 6.20. The topological polar surface area (TPSA) is 95.5 Å². The first-order valence-electron chi connectivity index (χ1n) is 6.36. The average Bonchev–Trinajstić information content (AvgIpc) is 2.38. The second kappa shape index (κ2) is 6.83. The molecule has 7 heteroatoms. The molecule has 0 radical (unpaired) electrons. The zero-order valence-electron chi connectivity index (χ0n) is 11.8. The standard InChI is InChI=1S/C13H20N2O4S/c1-4-14-13(17)9(2)15-20(18,19)12-7-5-11(6-8-12)10(3)16/h5-10,15-16H,4H2,1-3H3,(H,14,17). The van der Waals surface area contributed by atoms with Crippen LogP contribution in [0, 0.1) is 0 Å². The molecule has 0 aliphatic rings. The van der Waals surface area contributed by atoms with Gasteiger partial charge in [0, 0.05) is 6.54 Å². The van der Waals surface area contributed by atoms with E-state index in [1.54, 1.807) is 13.8 Å². The Morgan fingerprint density at radius 1 is 1.25 bits per heavy atom. The zero-order valence-corrected chi connectivity index (χ0v) is 12.6. The summed E-state index contributed by atoms with van der Waals surface area (Å²) in [6.45, 7) is 5.27. The third-order valence-corrected chi connectivity index (χ3v) is 4.31. The number of likely N-dealkylation sites (N-methyl/N-ethyl adjacent to an activating group) is 1. The van der Waals surface area contributed by atoms with Crippen molar-refractivity contribution in [1.29, 1.82) is 0 Å². The van der Waals surface area contributed by atoms with E-state index < -0.39 is 22.2 Å². The van der Waals surface area contributed by atoms with E-state index in [9.17, 15) is 18.3 Å². The van der Waals surface area contributed by atoms with Crippen LogP contribution in [0.5, 0.6) is 0 Å². The van der Waals surface area contributed by atoms with E-state index in [2.05, 4.69) is 10.0 Å². The van der Waals surface area contributed by atoms with Crippen LogP contribution < -0.4 is 10.0 Å². The Morgan fingerprint density at radius 3 is 2.25 bits per heavy atom. The number of carbonyl (C=O) groups excluding carboxylic acids is 1. The Labute approximate surface area is 119 Å². The summed E-state index contributed by atoms with van der Waals surface area (Å²) in [5.41, 5.74) is 0.626. The smallest absolute Gasteiger partial charge is 0.241 e. The van der Waals surface area contributed by atoms with Crippen molar-refractivity contribution in [2.75, 3.05) is 6.54 Å². The molecule has 112 valence electrons. The third-order valence-electron chi connectivity index (χ3n) is 2.75. The highest BCUT2D eigenvalue weighted by Crippen LogP contribution is 2.16. The molecule has 0 heterocycles. The number of aliphatic hydroxyl groups is 1. The van der Waals surface area contributed by atoms with Gasteiger partial charge in [-0.15, -0.1) is 0 Å². The van der Waals surface area contributed by atoms with Gasteiger partial charge in [-0.3, -0.25) is 4.79 Å². The predicted molar refractivity (Wildman–Crippen MR) is 75.5 cm³/mol. The highest BCUT2D eigenvalue weighted by atomic mass is 32.2. The van der Waals surface area contributed by atoms with Crippen molar-refractivity contribution >= 4 is 15.9 Å². The lowest BCUT2D eigenvalue weighted by molar-refractivity contribution is -0.122. The highest BCUT2D eigenvalue weighted by Gasteiger charge is 2.21. The third kappa shape index (κ3) is 4.29. The molecule has 0 spiro atoms. The molecule has 0 fully saturated rings. The summed E-state index contributed by atoms with van der Waals surface area (Å²) < 4.78 is 26.5. The number of aliphatic hydroxyl groups excluding tert-OH is 1. The summed E-state index contributed by atoms with van der Waals surface area (Å²) in [4.78, 5) is 11.6. The molecule has 1 aromatic rings. The van der Waals surface area contributed by atoms with Crippen LogP contribution in [0.1, 0.15) is 32.4 Å². The Balaban J connectivity index is 2.86. The van der Waals surface area contributed by atoms with Crippen molar-refractivity contribution in [2.45, 2.75) is 37.8 Å². The number of sulfonamides is 1. The normalized spacial score (nSPS) is 14.6. The summed E-state index contributed by atoms with van der Waals surface area (Å²) in [7, 11) is -3.76. The van der Waals surface area contributed by atoms with Gasteiger partial charge < -0.3 is 10.4 Å². The Bertz CT molecular complexity index is 552. The first kappa shape index (κ1) is 16.6. The van der Waals surface area contributed by atoms with Crippen LogP contribution in [0.25, 0.3) is 0 Å². The van der Waals surface area contributed by atoms with Crippen LogP contribution in [0.4, 0.5) is 0 Å². The lowest BCUT2D eigenvalue weighted by Crippen LogP contribution is -2.44. The van der Waals surface area contributed by atoms with E-state index in [4.69, 9.17) is 0 Å². The van der Waals surface area contributed by atoms with Gasteiger partial charge in [-0.25, -0.2) is 8.42 Å². The van der Waals surface area contributed by atoms with Gasteiger partial charge in [0.2, 0.25) is 15.9 Å². The SMILES string of the molecule is CCNC(=O)C(C)NS(=O)(=O)c1ccc(C(C)O)cc1. The molecule has 0 aliphatic carbocycles. The number of amides is 1. The number of benzene rings is 1. The monoisotopic (exact) mass is 300 g/mol. The van der Waals surface area contributed by atoms with Crippen LogP contribution >= 0.6 is 0 Å². The Morgan fingerprint density at radius 2 is 1.80 bits per heavy atom. The van der Waals surface area contributed by atoms with Gasteiger partial charge in [0.1, 0.15) is 0 Å². The molecular weight excluding hydrogens is 280 g/mol. The van der Waals surface area contributed by atoms with Crippen LogP contribution in [-0.4, -0.2) is 32.0 Å². The first-order valence-corrected chi connectivity index (χ1v) is 7.84. The Kier molecular flexibility index (Phi) is 5.67. The van der Waals surface area contributed by atoms with Gasteiger partial charge >= 0.3 is 0 Å². The van der Waals surface area contributed by atoms with Crippen molar-refractivity contribution in [3.05, 3.63) is 29.8 Å². The van der Waals surface area contributed by atoms with Crippen molar-refractivity contribution in [1.82, 2.24) is 10.0 Å². The number of hydrogen-bond acceptors (Lipinski definition) is 4. The summed E-state index contributed by atoms with van der Waals surface area (Å²) in [5.74, 6) is -0.378. The largest absolute Gasteiger partial charge is 0.389 e. The molecule has 1 rings (SSSR count). The maximum Gasteiger partial charge on any atom is 0.241 e. The fourth-order valence-electron chi connectivity index (χ4n) is 1.61. The van der Waals surface area contributed by atoms with E-state index in [-0.39, 0.29) is 10.8 Å². The van der Waals surface area contributed by atoms with Crippen molar-refractivity contribution in [3.8, 4) is 0 Å². The molecule has 0 aliphatic heterocycles. The molecule has 0 saturated carbocycles. The van der Waals surface area contributed by atoms with Gasteiger partial charge in [-0.2, -0.15) is 4.72 Å². The van der Waals surface area contributed by atoms with Gasteiger partial charge in [-0.05, 0) is 38.5 Å². The van der Waals surface area contributed by atoms with E-state index in [0.29, 0.717) is 12.1 Å². The van der Waals surface area contributed by atoms with E-state index in [1.165, 1.54) is 31.2 Å². The van der Waals surface area contributed by atoms with E-state index in [0.717, 1.165) is 0 Å². The number of carbonyl (C=O) groups is 1. The minimum absolute atomic E-state index is 0.0537. The first-order chi connectivity index (χ1) is 9.27. The van der Waals surface area contributed by atoms with E-state index >= 15 is 0 Å². The van der Waals surface area contributed by atoms with Gasteiger partial charge in [0.15, 0.2) is 0 Å². The fraction of sp³-hybridized carbons (Fsp3) is 0.462. The van der Waals surface area contributed by atoms with Crippen molar-refractivity contribution in [3.63, 3.8) is 0 Å². The van der Waals surface area contributed by atoms with Crippen molar-refractivity contribution in [2.24, 2.45) is 0 Å². The number of rotatable bonds is 6. The summed E-state index contributed by atoms with van der Waals surface area (Å²) in [6.07, 6.45) is -0.658. The lowest BCUT2D eigenvalue weighted by Gasteiger charge is -2.14. The zero-order chi connectivity index (χ0) is 15.3. The minimum atomic E-state index is -3.76. The average molecular weight is 300 g/mol. The molecule has 1 amide bonds. The molecule has 0 saturated heterocycles. The molecule has 6 nitrogen and oxygen atoms in total. The molecular formula is C13H20N2O4S. The minimum Gasteiger partial charge on any atom is -0.389 e. The second-order valence-electron chi connectivity index (χ2n) is 4.48. The quantitative estimate of drug-likeness (QED) is 0.714. The summed E-state index contributed by atoms with van der Waals surface area (Å²) in [6, 6.07) is 5.02. The predicted octanol–water partition coefficient (Wildman–Crippen LogP) is 0.543. The molecule has 20 heavy (non-hydrogen) atoms. The van der Waals surface area contributed by atoms with Crippen LogP contribution in [0.15, 0.2) is 29.2 Å². The van der Waals surface area contributed by atoms with Crippen LogP contribution in [0.2, 0.25) is 0 Å². The van der Waals surface area contributed by atoms with E-state index in [1.807, 2.05) is 0 Å². The number of nitrogens with one attached hydrogen (secondary N) is 2. The molecule has 2 unspecified atom stereocenters. The number of hydrogen-bond donors (Lipinski definition) is 3. The van der Waals surface area contributed by atoms with Crippen LogP contribution in [-0.2, 0) is 14.8 Å². The van der Waals surface area contributed by atoms with Gasteiger partial charge in [0.05, 0.1) is 17.0 Å². The summed E-state index contributed by atoms with van der Waals surface area (Å²) >= 11 is 0. The molecule has 3 N–H and O–H groups in total. The molecule has 2 atom stereocenters. The highest BCUT2D eigenvalue weighted by molar-refractivity contribution is 7.89. The molecule has 0 bridgehead atoms. The lowest BCUT2D eigenvalue weighted by atomic mass is 10.1.